The van der Waals surface area contributed by atoms with E-state index in [1.165, 1.54) is 10.1 Å². The van der Waals surface area contributed by atoms with Gasteiger partial charge >= 0.3 is 0 Å². The van der Waals surface area contributed by atoms with Gasteiger partial charge in [-0.3, -0.25) is 0 Å². The summed E-state index contributed by atoms with van der Waals surface area (Å²) in [5.41, 5.74) is 1.36. The highest BCUT2D eigenvalue weighted by Crippen LogP contribution is 2.34. The lowest BCUT2D eigenvalue weighted by Gasteiger charge is -2.14. The van der Waals surface area contributed by atoms with Gasteiger partial charge in [0.15, 0.2) is 5.06 Å². The van der Waals surface area contributed by atoms with Crippen LogP contribution in [0.3, 0.4) is 0 Å². The summed E-state index contributed by atoms with van der Waals surface area (Å²) < 4.78 is 7.96. The topological polar surface area (TPSA) is 9.23 Å². The third kappa shape index (κ3) is 2.17. The van der Waals surface area contributed by atoms with E-state index in [1.54, 1.807) is 18.4 Å². The zero-order valence-corrected chi connectivity index (χ0v) is 12.1. The lowest BCUT2D eigenvalue weighted by atomic mass is 10.4. The number of methoxy groups -OCH3 is 1. The van der Waals surface area contributed by atoms with Crippen molar-refractivity contribution in [2.75, 3.05) is 7.11 Å². The molecule has 74 valence electrons. The van der Waals surface area contributed by atoms with Crippen LogP contribution in [0.15, 0.2) is 4.47 Å². The van der Waals surface area contributed by atoms with Gasteiger partial charge in [0.1, 0.15) is 0 Å². The van der Waals surface area contributed by atoms with Crippen LogP contribution in [-0.2, 0) is 0 Å². The Bertz CT molecular complexity index is 314. The Balaban J connectivity index is 3.25. The highest BCUT2D eigenvalue weighted by Gasteiger charge is 2.24. The molecule has 4 heteroatoms. The third-order valence-corrected chi connectivity index (χ3v) is 8.07. The molecule has 0 atom stereocenters. The van der Waals surface area contributed by atoms with Crippen molar-refractivity contribution in [1.29, 1.82) is 0 Å². The maximum atomic E-state index is 5.30. The molecule has 0 aliphatic rings. The Labute approximate surface area is 93.3 Å². The average Bonchev–Trinajstić information content (AvgIpc) is 2.28. The van der Waals surface area contributed by atoms with Gasteiger partial charge in [0.05, 0.1) is 19.7 Å². The number of halogens is 1. The molecule has 0 saturated heterocycles. The van der Waals surface area contributed by atoms with Crippen molar-refractivity contribution < 1.29 is 4.74 Å². The minimum Gasteiger partial charge on any atom is -0.486 e. The summed E-state index contributed by atoms with van der Waals surface area (Å²) >= 11 is 5.35. The quantitative estimate of drug-likeness (QED) is 0.754. The van der Waals surface area contributed by atoms with Crippen molar-refractivity contribution in [1.82, 2.24) is 0 Å². The average molecular weight is 279 g/mol. The largest absolute Gasteiger partial charge is 0.486 e. The number of rotatable bonds is 2. The molecule has 0 unspecified atom stereocenters. The fraction of sp³-hybridized carbons (Fsp3) is 0.556. The molecule has 0 aliphatic carbocycles. The van der Waals surface area contributed by atoms with Gasteiger partial charge in [-0.2, -0.15) is 0 Å². The van der Waals surface area contributed by atoms with E-state index in [4.69, 9.17) is 4.74 Å². The Hall–Kier alpha value is 0.197. The van der Waals surface area contributed by atoms with E-state index in [-0.39, 0.29) is 0 Å². The summed E-state index contributed by atoms with van der Waals surface area (Å²) in [6.07, 6.45) is 0. The van der Waals surface area contributed by atoms with Gasteiger partial charge in [0.2, 0.25) is 0 Å². The van der Waals surface area contributed by atoms with Crippen molar-refractivity contribution in [3.05, 3.63) is 10.0 Å². The molecular weight excluding hydrogens is 264 g/mol. The van der Waals surface area contributed by atoms with Crippen LogP contribution in [0.2, 0.25) is 19.6 Å². The van der Waals surface area contributed by atoms with Crippen LogP contribution in [0.4, 0.5) is 0 Å². The predicted octanol–water partition coefficient (Wildman–Crippen LogP) is 3.37. The van der Waals surface area contributed by atoms with E-state index >= 15 is 0 Å². The second kappa shape index (κ2) is 3.75. The highest BCUT2D eigenvalue weighted by molar-refractivity contribution is 9.10. The van der Waals surface area contributed by atoms with Gasteiger partial charge in [0.25, 0.3) is 0 Å². The Kier molecular flexibility index (Phi) is 3.25. The normalized spacial score (nSPS) is 11.8. The molecular formula is C9H15BrOSSi. The highest BCUT2D eigenvalue weighted by atomic mass is 79.9. The Morgan fingerprint density at radius 1 is 1.31 bits per heavy atom. The SMILES string of the molecule is COc1sc([Si](C)(C)C)c(C)c1Br. The molecule has 0 fully saturated rings. The van der Waals surface area contributed by atoms with Crippen LogP contribution < -0.4 is 9.24 Å². The maximum absolute atomic E-state index is 5.30. The molecule has 1 aromatic rings. The Morgan fingerprint density at radius 2 is 1.85 bits per heavy atom. The van der Waals surface area contributed by atoms with Gasteiger partial charge in [0, 0.05) is 0 Å². The minimum absolute atomic E-state index is 1.01. The summed E-state index contributed by atoms with van der Waals surface area (Å²) in [6.45, 7) is 9.24. The second-order valence-corrected chi connectivity index (χ2v) is 11.3. The molecule has 13 heavy (non-hydrogen) atoms. The molecule has 0 aromatic carbocycles. The zero-order valence-electron chi connectivity index (χ0n) is 8.69. The van der Waals surface area contributed by atoms with Gasteiger partial charge in [-0.15, -0.1) is 11.3 Å². The van der Waals surface area contributed by atoms with Gasteiger partial charge < -0.3 is 4.74 Å². The smallest absolute Gasteiger partial charge is 0.188 e. The molecule has 1 heterocycles. The fourth-order valence-corrected chi connectivity index (χ4v) is 5.75. The van der Waals surface area contributed by atoms with Crippen molar-refractivity contribution in [3.8, 4) is 5.06 Å². The van der Waals surface area contributed by atoms with Crippen LogP contribution in [0, 0.1) is 6.92 Å². The predicted molar refractivity (Wildman–Crippen MR) is 66.3 cm³/mol. The molecule has 1 rings (SSSR count). The van der Waals surface area contributed by atoms with Crippen LogP contribution in [0.1, 0.15) is 5.56 Å². The molecule has 1 aromatic heterocycles. The molecule has 0 radical (unpaired) electrons. The first-order valence-corrected chi connectivity index (χ1v) is 9.32. The van der Waals surface area contributed by atoms with Crippen LogP contribution in [-0.4, -0.2) is 15.2 Å². The minimum atomic E-state index is -1.20. The first-order chi connectivity index (χ1) is 5.88. The molecule has 0 amide bonds. The number of ether oxygens (including phenoxy) is 1. The zero-order chi connectivity index (χ0) is 10.2. The van der Waals surface area contributed by atoms with Gasteiger partial charge in [-0.25, -0.2) is 0 Å². The van der Waals surface area contributed by atoms with Crippen LogP contribution >= 0.6 is 27.3 Å². The molecule has 1 nitrogen and oxygen atoms in total. The summed E-state index contributed by atoms with van der Waals surface area (Å²) in [6, 6.07) is 0. The summed E-state index contributed by atoms with van der Waals surface area (Å²) in [5.74, 6) is 0. The standard InChI is InChI=1S/C9H15BrOSSi/c1-6-7(10)8(11-2)12-9(6)13(3,4)5/h1-5H3. The fourth-order valence-electron chi connectivity index (χ4n) is 1.31. The number of hydrogen-bond donors (Lipinski definition) is 0. The van der Waals surface area contributed by atoms with Crippen LogP contribution in [0.5, 0.6) is 5.06 Å². The third-order valence-electron chi connectivity index (χ3n) is 1.91. The first-order valence-electron chi connectivity index (χ1n) is 4.21. The van der Waals surface area contributed by atoms with E-state index in [9.17, 15) is 0 Å². The molecule has 0 aliphatic heterocycles. The van der Waals surface area contributed by atoms with Crippen molar-refractivity contribution in [2.45, 2.75) is 26.6 Å². The summed E-state index contributed by atoms with van der Waals surface area (Å²) in [5, 5.41) is 1.01. The molecule has 0 saturated carbocycles. The Morgan fingerprint density at radius 3 is 2.08 bits per heavy atom. The van der Waals surface area contributed by atoms with Crippen molar-refractivity contribution in [2.24, 2.45) is 0 Å². The van der Waals surface area contributed by atoms with E-state index in [1.807, 2.05) is 0 Å². The van der Waals surface area contributed by atoms with Crippen molar-refractivity contribution in [3.63, 3.8) is 0 Å². The summed E-state index contributed by atoms with van der Waals surface area (Å²) in [7, 11) is 0.530. The monoisotopic (exact) mass is 278 g/mol. The lowest BCUT2D eigenvalue weighted by Crippen LogP contribution is -2.36. The van der Waals surface area contributed by atoms with Gasteiger partial charge in [-0.1, -0.05) is 19.6 Å². The second-order valence-electron chi connectivity index (χ2n) is 4.11. The number of hydrogen-bond acceptors (Lipinski definition) is 2. The number of thiophene rings is 1. The maximum Gasteiger partial charge on any atom is 0.188 e. The molecule has 0 N–H and O–H groups in total. The van der Waals surface area contributed by atoms with E-state index in [0.29, 0.717) is 0 Å². The lowest BCUT2D eigenvalue weighted by molar-refractivity contribution is 0.424. The van der Waals surface area contributed by atoms with E-state index < -0.39 is 8.07 Å². The van der Waals surface area contributed by atoms with Gasteiger partial charge in [-0.05, 0) is 32.9 Å². The molecule has 0 spiro atoms. The van der Waals surface area contributed by atoms with Crippen molar-refractivity contribution >= 4 is 39.8 Å². The van der Waals surface area contributed by atoms with Crippen LogP contribution in [0.25, 0.3) is 0 Å². The molecule has 0 bridgehead atoms. The summed E-state index contributed by atoms with van der Waals surface area (Å²) in [4.78, 5) is 0. The van der Waals surface area contributed by atoms with E-state index in [0.717, 1.165) is 9.54 Å². The first kappa shape index (κ1) is 11.3. The van der Waals surface area contributed by atoms with E-state index in [2.05, 4.69) is 42.5 Å².